The SMILES string of the molecule is CN=S(=O)(NC1CCCC(N2c3ccccc3CCc3ccccc32)C1O)c1ccc(OC(F)(F)F)cc1Cl. The van der Waals surface area contributed by atoms with E-state index in [9.17, 15) is 22.5 Å². The molecule has 1 heterocycles. The maximum atomic E-state index is 14.0. The zero-order valence-electron chi connectivity index (χ0n) is 21.2. The van der Waals surface area contributed by atoms with Crippen LogP contribution in [0.4, 0.5) is 24.5 Å². The van der Waals surface area contributed by atoms with Crippen molar-refractivity contribution in [1.29, 1.82) is 0 Å². The summed E-state index contributed by atoms with van der Waals surface area (Å²) in [5.74, 6) is -0.523. The van der Waals surface area contributed by atoms with E-state index in [-0.39, 0.29) is 16.0 Å². The first-order valence-corrected chi connectivity index (χ1v) is 14.6. The second-order valence-corrected chi connectivity index (χ2v) is 12.2. The summed E-state index contributed by atoms with van der Waals surface area (Å²) < 4.78 is 62.9. The zero-order chi connectivity index (χ0) is 27.8. The topological polar surface area (TPSA) is 74.2 Å². The van der Waals surface area contributed by atoms with E-state index in [4.69, 9.17) is 11.6 Å². The average molecular weight is 580 g/mol. The van der Waals surface area contributed by atoms with Crippen LogP contribution in [0, 0.1) is 0 Å². The number of ether oxygens (including phenoxy) is 1. The number of anilines is 2. The van der Waals surface area contributed by atoms with Gasteiger partial charge >= 0.3 is 6.36 Å². The molecule has 0 saturated heterocycles. The Labute approximate surface area is 231 Å². The van der Waals surface area contributed by atoms with Crippen LogP contribution in [-0.4, -0.2) is 40.9 Å². The van der Waals surface area contributed by atoms with Crippen LogP contribution < -0.4 is 14.4 Å². The van der Waals surface area contributed by atoms with Crippen LogP contribution >= 0.6 is 11.6 Å². The highest BCUT2D eigenvalue weighted by molar-refractivity contribution is 7.91. The highest BCUT2D eigenvalue weighted by atomic mass is 35.5. The minimum absolute atomic E-state index is 0.0287. The van der Waals surface area contributed by atoms with E-state index in [1.54, 1.807) is 0 Å². The molecule has 3 aromatic carbocycles. The van der Waals surface area contributed by atoms with Gasteiger partial charge in [0.05, 0.1) is 22.1 Å². The molecule has 1 aliphatic carbocycles. The van der Waals surface area contributed by atoms with Crippen LogP contribution in [0.2, 0.25) is 5.02 Å². The Morgan fingerprint density at radius 3 is 2.21 bits per heavy atom. The first-order valence-electron chi connectivity index (χ1n) is 12.7. The van der Waals surface area contributed by atoms with Gasteiger partial charge in [-0.15, -0.1) is 13.2 Å². The molecule has 4 atom stereocenters. The number of halogens is 4. The lowest BCUT2D eigenvalue weighted by molar-refractivity contribution is -0.274. The number of rotatable bonds is 5. The Morgan fingerprint density at radius 1 is 1.03 bits per heavy atom. The molecule has 1 fully saturated rings. The van der Waals surface area contributed by atoms with Crippen molar-refractivity contribution in [1.82, 2.24) is 4.72 Å². The molecule has 6 nitrogen and oxygen atoms in total. The highest BCUT2D eigenvalue weighted by Gasteiger charge is 2.40. The Kier molecular flexibility index (Phi) is 7.83. The number of hydrogen-bond acceptors (Lipinski definition) is 5. The van der Waals surface area contributed by atoms with Crippen molar-refractivity contribution < 1.29 is 27.2 Å². The lowest BCUT2D eigenvalue weighted by Crippen LogP contribution is -2.55. The van der Waals surface area contributed by atoms with Gasteiger partial charge in [0.15, 0.2) is 0 Å². The van der Waals surface area contributed by atoms with Gasteiger partial charge in [-0.25, -0.2) is 13.3 Å². The summed E-state index contributed by atoms with van der Waals surface area (Å²) >= 11 is 6.26. The molecule has 2 N–H and O–H groups in total. The van der Waals surface area contributed by atoms with Crippen LogP contribution in [0.3, 0.4) is 0 Å². The second-order valence-electron chi connectivity index (χ2n) is 9.69. The predicted molar refractivity (Wildman–Crippen MR) is 146 cm³/mol. The molecule has 1 aliphatic heterocycles. The molecule has 11 heteroatoms. The van der Waals surface area contributed by atoms with Gasteiger partial charge in [0.2, 0.25) is 0 Å². The Bertz CT molecular complexity index is 1430. The van der Waals surface area contributed by atoms with Gasteiger partial charge in [0.25, 0.3) is 0 Å². The molecule has 0 amide bonds. The van der Waals surface area contributed by atoms with Gasteiger partial charge in [-0.1, -0.05) is 48.0 Å². The molecule has 0 radical (unpaired) electrons. The van der Waals surface area contributed by atoms with Gasteiger partial charge in [-0.2, -0.15) is 0 Å². The highest BCUT2D eigenvalue weighted by Crippen LogP contribution is 2.41. The van der Waals surface area contributed by atoms with Crippen LogP contribution in [-0.2, 0) is 22.8 Å². The molecule has 4 unspecified atom stereocenters. The van der Waals surface area contributed by atoms with Crippen molar-refractivity contribution in [2.24, 2.45) is 4.36 Å². The summed E-state index contributed by atoms with van der Waals surface area (Å²) in [5, 5.41) is 11.5. The van der Waals surface area contributed by atoms with Gasteiger partial charge in [-0.05, 0) is 67.5 Å². The van der Waals surface area contributed by atoms with Crippen LogP contribution in [0.1, 0.15) is 30.4 Å². The predicted octanol–water partition coefficient (Wildman–Crippen LogP) is 6.42. The van der Waals surface area contributed by atoms with E-state index in [0.717, 1.165) is 49.2 Å². The van der Waals surface area contributed by atoms with E-state index < -0.39 is 34.2 Å². The normalized spacial score (nSPS) is 22.7. The molecule has 0 aromatic heterocycles. The number of alkyl halides is 3. The van der Waals surface area contributed by atoms with E-state index in [1.807, 2.05) is 24.3 Å². The summed E-state index contributed by atoms with van der Waals surface area (Å²) in [5.41, 5.74) is 4.46. The maximum Gasteiger partial charge on any atom is 0.573 e. The maximum absolute atomic E-state index is 14.0. The number of fused-ring (bicyclic) bond motifs is 2. The largest absolute Gasteiger partial charge is 0.573 e. The third-order valence-corrected chi connectivity index (χ3v) is 9.84. The third kappa shape index (κ3) is 5.75. The molecule has 2 aliphatic rings. The minimum atomic E-state index is -4.88. The molecule has 0 spiro atoms. The molecule has 0 bridgehead atoms. The van der Waals surface area contributed by atoms with Crippen LogP contribution in [0.25, 0.3) is 0 Å². The van der Waals surface area contributed by atoms with Gasteiger partial charge in [0.1, 0.15) is 15.7 Å². The summed E-state index contributed by atoms with van der Waals surface area (Å²) in [6.07, 6.45) is -2.04. The Hall–Kier alpha value is -2.79. The second kappa shape index (κ2) is 11.0. The average Bonchev–Trinajstić information content (AvgIpc) is 3.06. The first kappa shape index (κ1) is 27.8. The summed E-state index contributed by atoms with van der Waals surface area (Å²) in [6.45, 7) is 0. The third-order valence-electron chi connectivity index (χ3n) is 7.32. The van der Waals surface area contributed by atoms with Gasteiger partial charge in [0, 0.05) is 30.5 Å². The smallest absolute Gasteiger partial charge is 0.406 e. The van der Waals surface area contributed by atoms with Gasteiger partial charge in [-0.3, -0.25) is 0 Å². The van der Waals surface area contributed by atoms with E-state index in [1.165, 1.54) is 24.2 Å². The van der Waals surface area contributed by atoms with Crippen molar-refractivity contribution in [3.63, 3.8) is 0 Å². The number of benzene rings is 3. The van der Waals surface area contributed by atoms with E-state index >= 15 is 0 Å². The number of aliphatic hydroxyl groups is 1. The molecule has 3 aromatic rings. The summed E-state index contributed by atoms with van der Waals surface area (Å²) in [6, 6.07) is 18.7. The standard InChI is InChI=1S/C28H29ClF3N3O3S/c1-33-39(37,26-16-15-20(17-21(26)29)38-28(30,31)32)34-22-9-6-12-25(27(22)36)35-23-10-4-2-7-18(23)13-14-19-8-3-5-11-24(19)35/h2-5,7-8,10-11,15-17,22,25,27,36H,6,9,12-14H2,1H3,(H,33,34,37). The van der Waals surface area contributed by atoms with E-state index in [2.05, 4.69) is 43.0 Å². The van der Waals surface area contributed by atoms with E-state index in [0.29, 0.717) is 6.42 Å². The van der Waals surface area contributed by atoms with Gasteiger partial charge < -0.3 is 14.7 Å². The Balaban J connectivity index is 1.46. The van der Waals surface area contributed by atoms with Crippen molar-refractivity contribution >= 4 is 32.9 Å². The number of nitrogens with zero attached hydrogens (tertiary/aromatic N) is 2. The van der Waals surface area contributed by atoms with Crippen molar-refractivity contribution in [2.75, 3.05) is 11.9 Å². The fourth-order valence-corrected chi connectivity index (χ4v) is 7.72. The minimum Gasteiger partial charge on any atom is -0.406 e. The lowest BCUT2D eigenvalue weighted by Gasteiger charge is -2.43. The first-order chi connectivity index (χ1) is 18.6. The number of aliphatic hydroxyl groups excluding tert-OH is 1. The number of nitrogens with one attached hydrogen (secondary N) is 1. The fourth-order valence-electron chi connectivity index (χ4n) is 5.56. The quantitative estimate of drug-likeness (QED) is 0.366. The Morgan fingerprint density at radius 2 is 1.64 bits per heavy atom. The van der Waals surface area contributed by atoms with Crippen molar-refractivity contribution in [3.05, 3.63) is 82.9 Å². The number of aryl methyl sites for hydroxylation is 2. The van der Waals surface area contributed by atoms with Crippen molar-refractivity contribution in [2.45, 2.75) is 61.5 Å². The molecular weight excluding hydrogens is 551 g/mol. The monoisotopic (exact) mass is 579 g/mol. The van der Waals surface area contributed by atoms with Crippen LogP contribution in [0.5, 0.6) is 5.75 Å². The summed E-state index contributed by atoms with van der Waals surface area (Å²) in [7, 11) is -2.04. The molecule has 5 rings (SSSR count). The number of para-hydroxylation sites is 2. The lowest BCUT2D eigenvalue weighted by atomic mass is 9.86. The molecular formula is C28H29ClF3N3O3S. The molecule has 1 saturated carbocycles. The fraction of sp³-hybridized carbons (Fsp3) is 0.357. The van der Waals surface area contributed by atoms with Crippen LogP contribution in [0.15, 0.2) is 76.0 Å². The van der Waals surface area contributed by atoms with Crippen molar-refractivity contribution in [3.8, 4) is 5.75 Å². The number of hydrogen-bond donors (Lipinski definition) is 2. The summed E-state index contributed by atoms with van der Waals surface area (Å²) in [4.78, 5) is 2.23. The molecule has 39 heavy (non-hydrogen) atoms. The molecule has 208 valence electrons. The zero-order valence-corrected chi connectivity index (χ0v) is 22.8.